The molecule has 0 aliphatic rings. The summed E-state index contributed by atoms with van der Waals surface area (Å²) in [6.45, 7) is 8.46. The Balaban J connectivity index is 2.15. The Morgan fingerprint density at radius 2 is 1.75 bits per heavy atom. The lowest BCUT2D eigenvalue weighted by atomic mass is 9.96. The highest BCUT2D eigenvalue weighted by molar-refractivity contribution is 5.13. The van der Waals surface area contributed by atoms with Crippen molar-refractivity contribution < 1.29 is 4.74 Å². The quantitative estimate of drug-likeness (QED) is 0.666. The first kappa shape index (κ1) is 13.2. The smallest absolute Gasteiger partial charge is 0.0717 e. The van der Waals surface area contributed by atoms with Crippen LogP contribution in [0.5, 0.6) is 0 Å². The monoisotopic (exact) mass is 220 g/mol. The van der Waals surface area contributed by atoms with Crippen LogP contribution < -0.4 is 0 Å². The summed E-state index contributed by atoms with van der Waals surface area (Å²) in [6, 6.07) is 10.4. The summed E-state index contributed by atoms with van der Waals surface area (Å²) in [5, 5.41) is 0. The third-order valence-corrected chi connectivity index (χ3v) is 3.02. The highest BCUT2D eigenvalue weighted by Crippen LogP contribution is 2.15. The number of hydrogen-bond donors (Lipinski definition) is 0. The fourth-order valence-corrected chi connectivity index (χ4v) is 1.87. The van der Waals surface area contributed by atoms with E-state index in [1.807, 2.05) is 6.07 Å². The predicted molar refractivity (Wildman–Crippen MR) is 69.3 cm³/mol. The molecule has 1 nitrogen and oxygen atoms in total. The van der Waals surface area contributed by atoms with Crippen molar-refractivity contribution in [3.05, 3.63) is 35.9 Å². The Hall–Kier alpha value is -0.820. The normalized spacial score (nSPS) is 14.7. The average molecular weight is 220 g/mol. The largest absolute Gasteiger partial charge is 0.376 e. The molecular formula is C15H24O. The van der Waals surface area contributed by atoms with E-state index < -0.39 is 0 Å². The molecule has 0 amide bonds. The highest BCUT2D eigenvalue weighted by atomic mass is 16.5. The summed E-state index contributed by atoms with van der Waals surface area (Å²) in [4.78, 5) is 0. The van der Waals surface area contributed by atoms with Gasteiger partial charge in [0.1, 0.15) is 0 Å². The average Bonchev–Trinajstić information content (AvgIpc) is 2.30. The number of benzene rings is 1. The molecule has 0 unspecified atom stereocenters. The summed E-state index contributed by atoms with van der Waals surface area (Å²) < 4.78 is 5.73. The van der Waals surface area contributed by atoms with E-state index in [9.17, 15) is 0 Å². The molecule has 0 bridgehead atoms. The Bertz CT molecular complexity index is 268. The highest BCUT2D eigenvalue weighted by Gasteiger charge is 2.07. The van der Waals surface area contributed by atoms with Crippen molar-refractivity contribution in [2.24, 2.45) is 11.8 Å². The van der Waals surface area contributed by atoms with Crippen molar-refractivity contribution in [2.75, 3.05) is 6.61 Å². The molecule has 0 N–H and O–H groups in total. The van der Waals surface area contributed by atoms with E-state index in [-0.39, 0.29) is 0 Å². The van der Waals surface area contributed by atoms with Gasteiger partial charge in [0.25, 0.3) is 0 Å². The maximum Gasteiger partial charge on any atom is 0.0717 e. The van der Waals surface area contributed by atoms with Crippen molar-refractivity contribution in [3.8, 4) is 0 Å². The van der Waals surface area contributed by atoms with Gasteiger partial charge in [0.15, 0.2) is 0 Å². The van der Waals surface area contributed by atoms with Crippen LogP contribution in [0.4, 0.5) is 0 Å². The molecule has 0 saturated carbocycles. The van der Waals surface area contributed by atoms with Crippen molar-refractivity contribution in [1.82, 2.24) is 0 Å². The first-order valence-corrected chi connectivity index (χ1v) is 6.34. The second kappa shape index (κ2) is 7.45. The summed E-state index contributed by atoms with van der Waals surface area (Å²) in [5.74, 6) is 1.48. The van der Waals surface area contributed by atoms with Crippen molar-refractivity contribution in [2.45, 2.75) is 40.2 Å². The number of rotatable bonds is 7. The van der Waals surface area contributed by atoms with Crippen LogP contribution in [0.2, 0.25) is 0 Å². The maximum atomic E-state index is 5.73. The lowest BCUT2D eigenvalue weighted by Gasteiger charge is -2.15. The Morgan fingerprint density at radius 3 is 2.38 bits per heavy atom. The van der Waals surface area contributed by atoms with Crippen molar-refractivity contribution >= 4 is 0 Å². The van der Waals surface area contributed by atoms with Gasteiger partial charge in [-0.2, -0.15) is 0 Å². The molecule has 0 aliphatic carbocycles. The molecule has 0 spiro atoms. The molecule has 0 aliphatic heterocycles. The minimum atomic E-state index is 0.665. The standard InChI is InChI=1S/C15H24O/c1-4-13(2)10-14(3)11-16-12-15-8-6-5-7-9-15/h5-9,13-14H,4,10-12H2,1-3H3/t13-,14+/m1/s1. The fraction of sp³-hybridized carbons (Fsp3) is 0.600. The van der Waals surface area contributed by atoms with Gasteiger partial charge in [-0.05, 0) is 23.8 Å². The van der Waals surface area contributed by atoms with E-state index in [0.717, 1.165) is 19.1 Å². The third-order valence-electron chi connectivity index (χ3n) is 3.02. The molecule has 1 rings (SSSR count). The van der Waals surface area contributed by atoms with Crippen LogP contribution in [0.25, 0.3) is 0 Å². The summed E-state index contributed by atoms with van der Waals surface area (Å²) in [6.07, 6.45) is 2.54. The minimum Gasteiger partial charge on any atom is -0.376 e. The molecule has 16 heavy (non-hydrogen) atoms. The lowest BCUT2D eigenvalue weighted by molar-refractivity contribution is 0.0846. The second-order valence-electron chi connectivity index (χ2n) is 4.86. The molecule has 90 valence electrons. The molecule has 1 heteroatoms. The van der Waals surface area contributed by atoms with E-state index in [1.165, 1.54) is 18.4 Å². The van der Waals surface area contributed by atoms with Crippen LogP contribution in [-0.4, -0.2) is 6.61 Å². The maximum absolute atomic E-state index is 5.73. The first-order valence-electron chi connectivity index (χ1n) is 6.34. The van der Waals surface area contributed by atoms with Gasteiger partial charge in [-0.1, -0.05) is 57.5 Å². The van der Waals surface area contributed by atoms with E-state index >= 15 is 0 Å². The molecule has 1 aromatic rings. The molecule has 0 radical (unpaired) electrons. The second-order valence-corrected chi connectivity index (χ2v) is 4.86. The van der Waals surface area contributed by atoms with Crippen LogP contribution in [0.15, 0.2) is 30.3 Å². The zero-order chi connectivity index (χ0) is 11.8. The lowest BCUT2D eigenvalue weighted by Crippen LogP contribution is -2.09. The Kier molecular flexibility index (Phi) is 6.17. The van der Waals surface area contributed by atoms with Crippen LogP contribution in [0.3, 0.4) is 0 Å². The topological polar surface area (TPSA) is 9.23 Å². The minimum absolute atomic E-state index is 0.665. The van der Waals surface area contributed by atoms with Crippen LogP contribution in [0, 0.1) is 11.8 Å². The molecule has 0 heterocycles. The van der Waals surface area contributed by atoms with Gasteiger partial charge in [0.2, 0.25) is 0 Å². The first-order chi connectivity index (χ1) is 7.72. The van der Waals surface area contributed by atoms with Gasteiger partial charge in [0.05, 0.1) is 6.61 Å². The van der Waals surface area contributed by atoms with Gasteiger partial charge in [-0.25, -0.2) is 0 Å². The van der Waals surface area contributed by atoms with Crippen molar-refractivity contribution in [1.29, 1.82) is 0 Å². The Labute approximate surface area is 99.8 Å². The van der Waals surface area contributed by atoms with Crippen molar-refractivity contribution in [3.63, 3.8) is 0 Å². The van der Waals surface area contributed by atoms with E-state index in [2.05, 4.69) is 45.0 Å². The van der Waals surface area contributed by atoms with Gasteiger partial charge in [-0.3, -0.25) is 0 Å². The van der Waals surface area contributed by atoms with Crippen LogP contribution >= 0.6 is 0 Å². The predicted octanol–water partition coefficient (Wildman–Crippen LogP) is 4.28. The number of ether oxygens (including phenoxy) is 1. The summed E-state index contributed by atoms with van der Waals surface area (Å²) >= 11 is 0. The van der Waals surface area contributed by atoms with Gasteiger partial charge >= 0.3 is 0 Å². The zero-order valence-corrected chi connectivity index (χ0v) is 10.8. The summed E-state index contributed by atoms with van der Waals surface area (Å²) in [5.41, 5.74) is 1.26. The van der Waals surface area contributed by atoms with E-state index in [1.54, 1.807) is 0 Å². The van der Waals surface area contributed by atoms with Gasteiger partial charge in [-0.15, -0.1) is 0 Å². The Morgan fingerprint density at radius 1 is 1.06 bits per heavy atom. The molecule has 0 aromatic heterocycles. The van der Waals surface area contributed by atoms with Crippen LogP contribution in [-0.2, 0) is 11.3 Å². The zero-order valence-electron chi connectivity index (χ0n) is 10.8. The molecule has 0 saturated heterocycles. The molecule has 0 fully saturated rings. The SMILES string of the molecule is CC[C@@H](C)C[C@H](C)COCc1ccccc1. The van der Waals surface area contributed by atoms with E-state index in [0.29, 0.717) is 5.92 Å². The van der Waals surface area contributed by atoms with Gasteiger partial charge < -0.3 is 4.74 Å². The summed E-state index contributed by atoms with van der Waals surface area (Å²) in [7, 11) is 0. The van der Waals surface area contributed by atoms with Crippen LogP contribution in [0.1, 0.15) is 39.2 Å². The molecule has 2 atom stereocenters. The van der Waals surface area contributed by atoms with Gasteiger partial charge in [0, 0.05) is 6.61 Å². The third kappa shape index (κ3) is 5.32. The number of hydrogen-bond acceptors (Lipinski definition) is 1. The van der Waals surface area contributed by atoms with E-state index in [4.69, 9.17) is 4.74 Å². The molecular weight excluding hydrogens is 196 g/mol. The molecule has 1 aromatic carbocycles. The fourth-order valence-electron chi connectivity index (χ4n) is 1.87.